The van der Waals surface area contributed by atoms with Gasteiger partial charge in [0.05, 0.1) is 19.2 Å². The standard InChI is InChI=1S/C14H14ClF3O3/c1-4-13(14(16,17)18)6-5-8-7-9(15)11(19-2)12(20-3)10(8)21-13/h5-7H,4H2,1-3H3. The molecule has 0 N–H and O–H groups in total. The summed E-state index contributed by atoms with van der Waals surface area (Å²) in [4.78, 5) is 0. The zero-order valence-electron chi connectivity index (χ0n) is 11.7. The number of benzene rings is 1. The van der Waals surface area contributed by atoms with Crippen molar-refractivity contribution in [3.63, 3.8) is 0 Å². The summed E-state index contributed by atoms with van der Waals surface area (Å²) in [5.74, 6) is 0.159. The molecule has 1 aromatic carbocycles. The molecule has 1 heterocycles. The number of alkyl halides is 3. The van der Waals surface area contributed by atoms with Gasteiger partial charge in [-0.15, -0.1) is 0 Å². The molecule has 2 rings (SSSR count). The van der Waals surface area contributed by atoms with Crippen molar-refractivity contribution < 1.29 is 27.4 Å². The number of hydrogen-bond donors (Lipinski definition) is 0. The van der Waals surface area contributed by atoms with E-state index in [1.54, 1.807) is 0 Å². The minimum Gasteiger partial charge on any atom is -0.491 e. The Morgan fingerprint density at radius 3 is 2.33 bits per heavy atom. The van der Waals surface area contributed by atoms with Gasteiger partial charge in [0.2, 0.25) is 11.4 Å². The highest BCUT2D eigenvalue weighted by atomic mass is 35.5. The SMILES string of the molecule is CCC1(C(F)(F)F)C=Cc2cc(Cl)c(OC)c(OC)c2O1. The lowest BCUT2D eigenvalue weighted by Crippen LogP contribution is -2.49. The maximum Gasteiger partial charge on any atom is 0.432 e. The third-order valence-electron chi connectivity index (χ3n) is 3.40. The van der Waals surface area contributed by atoms with Crippen molar-refractivity contribution in [1.29, 1.82) is 0 Å². The van der Waals surface area contributed by atoms with E-state index in [1.807, 2.05) is 0 Å². The van der Waals surface area contributed by atoms with Gasteiger partial charge in [-0.1, -0.05) is 24.6 Å². The maximum absolute atomic E-state index is 13.3. The van der Waals surface area contributed by atoms with Gasteiger partial charge in [0, 0.05) is 5.56 Å². The lowest BCUT2D eigenvalue weighted by molar-refractivity contribution is -0.230. The summed E-state index contributed by atoms with van der Waals surface area (Å²) in [5.41, 5.74) is -1.97. The second-order valence-electron chi connectivity index (χ2n) is 4.52. The number of ether oxygens (including phenoxy) is 3. The molecule has 7 heteroatoms. The van der Waals surface area contributed by atoms with Gasteiger partial charge < -0.3 is 14.2 Å². The summed E-state index contributed by atoms with van der Waals surface area (Å²) in [5, 5.41) is 0.234. The van der Waals surface area contributed by atoms with Gasteiger partial charge in [0.15, 0.2) is 11.5 Å². The molecular weight excluding hydrogens is 309 g/mol. The van der Waals surface area contributed by atoms with Crippen LogP contribution in [-0.2, 0) is 0 Å². The topological polar surface area (TPSA) is 27.7 Å². The van der Waals surface area contributed by atoms with Crippen LogP contribution in [0.2, 0.25) is 5.02 Å². The van der Waals surface area contributed by atoms with Gasteiger partial charge in [0.25, 0.3) is 0 Å². The predicted octanol–water partition coefficient (Wildman–Crippen LogP) is 4.47. The van der Waals surface area contributed by atoms with Crippen molar-refractivity contribution >= 4 is 17.7 Å². The highest BCUT2D eigenvalue weighted by Gasteiger charge is 2.56. The van der Waals surface area contributed by atoms with Gasteiger partial charge in [0.1, 0.15) is 0 Å². The normalized spacial score (nSPS) is 20.7. The zero-order valence-corrected chi connectivity index (χ0v) is 12.4. The van der Waals surface area contributed by atoms with Gasteiger partial charge in [-0.05, 0) is 18.6 Å². The van der Waals surface area contributed by atoms with Crippen molar-refractivity contribution in [2.75, 3.05) is 14.2 Å². The average Bonchev–Trinajstić information content (AvgIpc) is 2.44. The number of halogens is 4. The van der Waals surface area contributed by atoms with Crippen LogP contribution >= 0.6 is 11.6 Å². The Morgan fingerprint density at radius 2 is 1.86 bits per heavy atom. The van der Waals surface area contributed by atoms with Crippen LogP contribution in [0.15, 0.2) is 12.1 Å². The Labute approximate surface area is 125 Å². The van der Waals surface area contributed by atoms with Gasteiger partial charge >= 0.3 is 6.18 Å². The largest absolute Gasteiger partial charge is 0.491 e. The van der Waals surface area contributed by atoms with E-state index in [9.17, 15) is 13.2 Å². The monoisotopic (exact) mass is 322 g/mol. The summed E-state index contributed by atoms with van der Waals surface area (Å²) in [6.45, 7) is 1.41. The summed E-state index contributed by atoms with van der Waals surface area (Å²) < 4.78 is 55.4. The Kier molecular flexibility index (Phi) is 4.02. The molecule has 0 saturated carbocycles. The Balaban J connectivity index is 2.64. The summed E-state index contributed by atoms with van der Waals surface area (Å²) in [6.07, 6.45) is -2.48. The summed E-state index contributed by atoms with van der Waals surface area (Å²) >= 11 is 6.02. The Hall–Kier alpha value is -1.56. The minimum atomic E-state index is -4.55. The first kappa shape index (κ1) is 15.8. The molecule has 0 spiro atoms. The number of methoxy groups -OCH3 is 2. The van der Waals surface area contributed by atoms with Crippen LogP contribution in [-0.4, -0.2) is 26.0 Å². The molecule has 1 aliphatic heterocycles. The lowest BCUT2D eigenvalue weighted by Gasteiger charge is -2.36. The molecule has 0 bridgehead atoms. The van der Waals surface area contributed by atoms with E-state index in [0.29, 0.717) is 5.56 Å². The van der Waals surface area contributed by atoms with E-state index in [-0.39, 0.29) is 28.7 Å². The second-order valence-corrected chi connectivity index (χ2v) is 4.93. The molecule has 3 nitrogen and oxygen atoms in total. The number of hydrogen-bond acceptors (Lipinski definition) is 3. The summed E-state index contributed by atoms with van der Waals surface area (Å²) in [6, 6.07) is 1.48. The van der Waals surface area contributed by atoms with E-state index in [4.69, 9.17) is 25.8 Å². The van der Waals surface area contributed by atoms with Crippen molar-refractivity contribution in [2.24, 2.45) is 0 Å². The van der Waals surface area contributed by atoms with Crippen molar-refractivity contribution in [3.05, 3.63) is 22.7 Å². The number of fused-ring (bicyclic) bond motifs is 1. The molecule has 0 amide bonds. The van der Waals surface area contributed by atoms with Crippen molar-refractivity contribution in [2.45, 2.75) is 25.1 Å². The van der Waals surface area contributed by atoms with Gasteiger partial charge in [-0.2, -0.15) is 13.2 Å². The van der Waals surface area contributed by atoms with Crippen molar-refractivity contribution in [1.82, 2.24) is 0 Å². The fraction of sp³-hybridized carbons (Fsp3) is 0.429. The highest BCUT2D eigenvalue weighted by molar-refractivity contribution is 6.32. The second kappa shape index (κ2) is 5.33. The molecule has 0 aromatic heterocycles. The van der Waals surface area contributed by atoms with E-state index in [0.717, 1.165) is 6.08 Å². The maximum atomic E-state index is 13.3. The first-order valence-corrected chi connectivity index (χ1v) is 6.57. The summed E-state index contributed by atoms with van der Waals surface area (Å²) in [7, 11) is 2.67. The van der Waals surface area contributed by atoms with Crippen LogP contribution in [0.4, 0.5) is 13.2 Å². The Bertz CT molecular complexity index is 584. The van der Waals surface area contributed by atoms with E-state index >= 15 is 0 Å². The lowest BCUT2D eigenvalue weighted by atomic mass is 9.94. The van der Waals surface area contributed by atoms with Crippen LogP contribution in [0.5, 0.6) is 17.2 Å². The fourth-order valence-electron chi connectivity index (χ4n) is 2.20. The third kappa shape index (κ3) is 2.41. The molecule has 0 saturated heterocycles. The smallest absolute Gasteiger partial charge is 0.432 e. The molecular formula is C14H14ClF3O3. The van der Waals surface area contributed by atoms with E-state index < -0.39 is 11.8 Å². The van der Waals surface area contributed by atoms with Gasteiger partial charge in [-0.25, -0.2) is 0 Å². The van der Waals surface area contributed by atoms with Crippen LogP contribution in [0.3, 0.4) is 0 Å². The van der Waals surface area contributed by atoms with Crippen LogP contribution in [0.1, 0.15) is 18.9 Å². The molecule has 1 aliphatic rings. The molecule has 0 fully saturated rings. The molecule has 1 aromatic rings. The highest BCUT2D eigenvalue weighted by Crippen LogP contribution is 2.51. The first-order chi connectivity index (χ1) is 9.79. The third-order valence-corrected chi connectivity index (χ3v) is 3.68. The molecule has 0 radical (unpaired) electrons. The van der Waals surface area contributed by atoms with Gasteiger partial charge in [-0.3, -0.25) is 0 Å². The fourth-order valence-corrected chi connectivity index (χ4v) is 2.48. The molecule has 1 unspecified atom stereocenters. The van der Waals surface area contributed by atoms with E-state index in [2.05, 4.69) is 0 Å². The molecule has 116 valence electrons. The predicted molar refractivity (Wildman–Crippen MR) is 73.3 cm³/mol. The van der Waals surface area contributed by atoms with E-state index in [1.165, 1.54) is 33.3 Å². The average molecular weight is 323 g/mol. The first-order valence-electron chi connectivity index (χ1n) is 6.19. The van der Waals surface area contributed by atoms with Crippen LogP contribution < -0.4 is 14.2 Å². The van der Waals surface area contributed by atoms with Crippen LogP contribution in [0, 0.1) is 0 Å². The minimum absolute atomic E-state index is 0.0274. The Morgan fingerprint density at radius 1 is 1.24 bits per heavy atom. The molecule has 0 aliphatic carbocycles. The zero-order chi connectivity index (χ0) is 15.8. The van der Waals surface area contributed by atoms with Crippen molar-refractivity contribution in [3.8, 4) is 17.2 Å². The number of rotatable bonds is 3. The molecule has 21 heavy (non-hydrogen) atoms. The molecule has 1 atom stereocenters. The quantitative estimate of drug-likeness (QED) is 0.821. The van der Waals surface area contributed by atoms with Crippen LogP contribution in [0.25, 0.3) is 6.08 Å².